The molecule has 1 aliphatic heterocycles. The average molecular weight is 452 g/mol. The minimum Gasteiger partial charge on any atom is -0.309 e. The quantitative estimate of drug-likeness (QED) is 0.365. The van der Waals surface area contributed by atoms with Crippen molar-refractivity contribution in [2.75, 3.05) is 4.90 Å². The Kier molecular flexibility index (Phi) is 4.41. The SMILES string of the molecule is Cc1nc2nc(N3c4ccccc4CC3C)[nH]c(=O)c2c(=S)n1-c1ccc2ccccc2c1. The maximum Gasteiger partial charge on any atom is 0.264 e. The van der Waals surface area contributed by atoms with Crippen molar-refractivity contribution in [3.63, 3.8) is 0 Å². The second-order valence-electron chi connectivity index (χ2n) is 8.47. The summed E-state index contributed by atoms with van der Waals surface area (Å²) in [5.74, 6) is 1.18. The Hall–Kier alpha value is -3.84. The topological polar surface area (TPSA) is 66.8 Å². The number of hydrogen-bond acceptors (Lipinski definition) is 5. The summed E-state index contributed by atoms with van der Waals surface area (Å²) in [6, 6.07) is 22.6. The van der Waals surface area contributed by atoms with Gasteiger partial charge < -0.3 is 4.90 Å². The van der Waals surface area contributed by atoms with Crippen molar-refractivity contribution in [2.45, 2.75) is 26.3 Å². The van der Waals surface area contributed by atoms with E-state index >= 15 is 0 Å². The molecule has 1 aliphatic rings. The first-order chi connectivity index (χ1) is 16.0. The molecule has 6 nitrogen and oxygen atoms in total. The first-order valence-electron chi connectivity index (χ1n) is 10.9. The second kappa shape index (κ2) is 7.35. The molecule has 0 radical (unpaired) electrons. The fraction of sp³-hybridized carbons (Fsp3) is 0.154. The van der Waals surface area contributed by atoms with Crippen LogP contribution in [0.3, 0.4) is 0 Å². The minimum absolute atomic E-state index is 0.179. The molecule has 1 unspecified atom stereocenters. The molecule has 0 saturated heterocycles. The molecule has 2 aromatic heterocycles. The molecule has 0 aliphatic carbocycles. The number of anilines is 2. The number of aromatic nitrogens is 4. The Morgan fingerprint density at radius 2 is 1.76 bits per heavy atom. The fourth-order valence-corrected chi connectivity index (χ4v) is 5.23. The molecule has 6 rings (SSSR count). The van der Waals surface area contributed by atoms with Crippen LogP contribution in [0.4, 0.5) is 11.6 Å². The van der Waals surface area contributed by atoms with E-state index in [1.54, 1.807) is 0 Å². The summed E-state index contributed by atoms with van der Waals surface area (Å²) >= 11 is 5.79. The highest BCUT2D eigenvalue weighted by atomic mass is 32.1. The van der Waals surface area contributed by atoms with Gasteiger partial charge in [0, 0.05) is 17.4 Å². The van der Waals surface area contributed by atoms with Crippen molar-refractivity contribution < 1.29 is 0 Å². The number of fused-ring (bicyclic) bond motifs is 3. The number of benzene rings is 3. The molecule has 7 heteroatoms. The second-order valence-corrected chi connectivity index (χ2v) is 8.86. The maximum atomic E-state index is 13.3. The van der Waals surface area contributed by atoms with Crippen LogP contribution in [-0.4, -0.2) is 25.6 Å². The van der Waals surface area contributed by atoms with Crippen LogP contribution in [0.2, 0.25) is 0 Å². The lowest BCUT2D eigenvalue weighted by Gasteiger charge is -2.23. The summed E-state index contributed by atoms with van der Waals surface area (Å²) in [6.45, 7) is 4.01. The summed E-state index contributed by atoms with van der Waals surface area (Å²) in [7, 11) is 0. The molecule has 33 heavy (non-hydrogen) atoms. The molecule has 3 heterocycles. The summed E-state index contributed by atoms with van der Waals surface area (Å²) in [4.78, 5) is 27.8. The molecule has 5 aromatic rings. The first-order valence-corrected chi connectivity index (χ1v) is 11.3. The van der Waals surface area contributed by atoms with Gasteiger partial charge in [-0.05, 0) is 54.8 Å². The van der Waals surface area contributed by atoms with E-state index in [2.05, 4.69) is 47.1 Å². The third-order valence-electron chi connectivity index (χ3n) is 6.32. The molecular formula is C26H21N5OS. The van der Waals surface area contributed by atoms with E-state index in [1.807, 2.05) is 47.9 Å². The van der Waals surface area contributed by atoms with Gasteiger partial charge in [0.15, 0.2) is 5.65 Å². The van der Waals surface area contributed by atoms with Crippen molar-refractivity contribution in [1.29, 1.82) is 0 Å². The number of nitrogens with zero attached hydrogens (tertiary/aromatic N) is 4. The molecular weight excluding hydrogens is 430 g/mol. The molecule has 1 atom stereocenters. The van der Waals surface area contributed by atoms with Crippen LogP contribution in [0.15, 0.2) is 71.5 Å². The number of para-hydroxylation sites is 1. The van der Waals surface area contributed by atoms with Crippen LogP contribution < -0.4 is 10.5 Å². The van der Waals surface area contributed by atoms with Gasteiger partial charge in [0.25, 0.3) is 5.56 Å². The summed E-state index contributed by atoms with van der Waals surface area (Å²) in [5, 5.41) is 2.57. The van der Waals surface area contributed by atoms with Crippen LogP contribution in [0, 0.1) is 11.6 Å². The van der Waals surface area contributed by atoms with E-state index in [9.17, 15) is 4.79 Å². The zero-order valence-corrected chi connectivity index (χ0v) is 19.1. The number of aromatic amines is 1. The van der Waals surface area contributed by atoms with Crippen LogP contribution in [0.5, 0.6) is 0 Å². The molecule has 0 spiro atoms. The highest BCUT2D eigenvalue weighted by molar-refractivity contribution is 7.71. The van der Waals surface area contributed by atoms with Crippen LogP contribution in [-0.2, 0) is 6.42 Å². The maximum absolute atomic E-state index is 13.3. The summed E-state index contributed by atoms with van der Waals surface area (Å²) in [5.41, 5.74) is 3.26. The molecule has 162 valence electrons. The largest absolute Gasteiger partial charge is 0.309 e. The minimum atomic E-state index is -0.279. The van der Waals surface area contributed by atoms with Gasteiger partial charge in [-0.25, -0.2) is 4.98 Å². The highest BCUT2D eigenvalue weighted by Gasteiger charge is 2.29. The van der Waals surface area contributed by atoms with Crippen LogP contribution in [0.1, 0.15) is 18.3 Å². The van der Waals surface area contributed by atoms with Gasteiger partial charge in [0.2, 0.25) is 5.95 Å². The number of H-pyrrole nitrogens is 1. The molecule has 0 bridgehead atoms. The monoisotopic (exact) mass is 451 g/mol. The summed E-state index contributed by atoms with van der Waals surface area (Å²) < 4.78 is 2.25. The molecule has 1 N–H and O–H groups in total. The van der Waals surface area contributed by atoms with Gasteiger partial charge in [-0.1, -0.05) is 60.7 Å². The van der Waals surface area contributed by atoms with Gasteiger partial charge in [0.05, 0.1) is 0 Å². The fourth-order valence-electron chi connectivity index (χ4n) is 4.81. The lowest BCUT2D eigenvalue weighted by molar-refractivity contribution is 0.739. The number of hydrogen-bond donors (Lipinski definition) is 1. The molecule has 0 amide bonds. The third-order valence-corrected chi connectivity index (χ3v) is 6.71. The van der Waals surface area contributed by atoms with E-state index < -0.39 is 0 Å². The van der Waals surface area contributed by atoms with Gasteiger partial charge in [-0.3, -0.25) is 14.3 Å². The van der Waals surface area contributed by atoms with Crippen molar-refractivity contribution in [3.05, 3.63) is 93.1 Å². The zero-order valence-electron chi connectivity index (χ0n) is 18.2. The Bertz CT molecular complexity index is 1690. The van der Waals surface area contributed by atoms with Crippen LogP contribution in [0.25, 0.3) is 27.5 Å². The van der Waals surface area contributed by atoms with E-state index in [0.29, 0.717) is 27.4 Å². The molecule has 0 saturated carbocycles. The summed E-state index contributed by atoms with van der Waals surface area (Å²) in [6.07, 6.45) is 0.896. The van der Waals surface area contributed by atoms with Crippen molar-refractivity contribution in [2.24, 2.45) is 0 Å². The van der Waals surface area contributed by atoms with E-state index in [0.717, 1.165) is 28.6 Å². The Morgan fingerprint density at radius 3 is 2.61 bits per heavy atom. The number of aryl methyl sites for hydroxylation is 1. The Labute approximate surface area is 195 Å². The number of rotatable bonds is 2. The number of nitrogens with one attached hydrogen (secondary N) is 1. The molecule has 3 aromatic carbocycles. The Morgan fingerprint density at radius 1 is 1.00 bits per heavy atom. The van der Waals surface area contributed by atoms with Crippen molar-refractivity contribution in [3.8, 4) is 5.69 Å². The molecule has 0 fully saturated rings. The zero-order chi connectivity index (χ0) is 22.7. The van der Waals surface area contributed by atoms with Gasteiger partial charge in [-0.2, -0.15) is 4.98 Å². The lowest BCUT2D eigenvalue weighted by atomic mass is 10.1. The van der Waals surface area contributed by atoms with Crippen LogP contribution >= 0.6 is 12.2 Å². The van der Waals surface area contributed by atoms with Gasteiger partial charge in [0.1, 0.15) is 15.9 Å². The van der Waals surface area contributed by atoms with Gasteiger partial charge in [-0.15, -0.1) is 0 Å². The van der Waals surface area contributed by atoms with Crippen molar-refractivity contribution >= 4 is 45.7 Å². The smallest absolute Gasteiger partial charge is 0.264 e. The normalized spacial score (nSPS) is 15.3. The van der Waals surface area contributed by atoms with E-state index in [4.69, 9.17) is 22.2 Å². The average Bonchev–Trinajstić information content (AvgIpc) is 3.14. The Balaban J connectivity index is 1.54. The predicted molar refractivity (Wildman–Crippen MR) is 134 cm³/mol. The lowest BCUT2D eigenvalue weighted by Crippen LogP contribution is -2.28. The highest BCUT2D eigenvalue weighted by Crippen LogP contribution is 2.36. The van der Waals surface area contributed by atoms with Gasteiger partial charge >= 0.3 is 0 Å². The van der Waals surface area contributed by atoms with Crippen molar-refractivity contribution in [1.82, 2.24) is 19.5 Å². The third kappa shape index (κ3) is 3.08. The first kappa shape index (κ1) is 19.8. The standard InChI is InChI=1S/C26H21N5OS/c1-15-13-19-9-5-6-10-21(19)30(15)26-28-23-22(24(32)29-26)25(33)31(16(2)27-23)20-12-11-17-7-3-4-8-18(17)14-20/h3-12,14-15H,13H2,1-2H3,(H,28,29,32). The van der Waals surface area contributed by atoms with E-state index in [1.165, 1.54) is 5.56 Å². The van der Waals surface area contributed by atoms with E-state index in [-0.39, 0.29) is 11.6 Å². The predicted octanol–water partition coefficient (Wildman–Crippen LogP) is 5.38.